The van der Waals surface area contributed by atoms with E-state index in [2.05, 4.69) is 32.0 Å². The monoisotopic (exact) mass is 516 g/mol. The van der Waals surface area contributed by atoms with Gasteiger partial charge in [0.05, 0.1) is 18.8 Å². The van der Waals surface area contributed by atoms with Gasteiger partial charge in [-0.2, -0.15) is 0 Å². The summed E-state index contributed by atoms with van der Waals surface area (Å²) in [5, 5.41) is 8.36. The van der Waals surface area contributed by atoms with Crippen LogP contribution in [0, 0.1) is 5.92 Å². The number of hydrogen-bond donors (Lipinski definition) is 4. The topological polar surface area (TPSA) is 157 Å². The maximum atomic E-state index is 12.6. The zero-order valence-corrected chi connectivity index (χ0v) is 22.0. The van der Waals surface area contributed by atoms with E-state index in [-0.39, 0.29) is 31.2 Å². The molecule has 37 heavy (non-hydrogen) atoms. The molecule has 0 radical (unpaired) electrons. The molecule has 0 spiro atoms. The van der Waals surface area contributed by atoms with Gasteiger partial charge in [0.25, 0.3) is 5.91 Å². The van der Waals surface area contributed by atoms with Gasteiger partial charge in [-0.3, -0.25) is 9.79 Å². The van der Waals surface area contributed by atoms with Gasteiger partial charge < -0.3 is 31.2 Å². The number of ether oxygens (including phenoxy) is 2. The quantitative estimate of drug-likeness (QED) is 0.127. The van der Waals surface area contributed by atoms with Crippen molar-refractivity contribution in [3.8, 4) is 0 Å². The van der Waals surface area contributed by atoms with Crippen LogP contribution in [-0.2, 0) is 31.9 Å². The van der Waals surface area contributed by atoms with Gasteiger partial charge >= 0.3 is 12.1 Å². The third-order valence-electron chi connectivity index (χ3n) is 5.45. The Morgan fingerprint density at radius 2 is 2.08 bits per heavy atom. The van der Waals surface area contributed by atoms with Crippen molar-refractivity contribution >= 4 is 30.0 Å². The van der Waals surface area contributed by atoms with Crippen LogP contribution in [0.15, 0.2) is 28.9 Å². The number of anilines is 1. The second-order valence-corrected chi connectivity index (χ2v) is 9.17. The highest BCUT2D eigenvalue weighted by Gasteiger charge is 2.24. The molecule has 5 N–H and O–H groups in total. The fourth-order valence-electron chi connectivity index (χ4n) is 3.36. The summed E-state index contributed by atoms with van der Waals surface area (Å²) < 4.78 is 10.3. The summed E-state index contributed by atoms with van der Waals surface area (Å²) in [7, 11) is 0. The predicted octanol–water partition coefficient (Wildman–Crippen LogP) is 2.11. The average molecular weight is 517 g/mol. The van der Waals surface area contributed by atoms with Gasteiger partial charge in [-0.15, -0.1) is 0 Å². The van der Waals surface area contributed by atoms with E-state index in [4.69, 9.17) is 15.2 Å². The smallest absolute Gasteiger partial charge is 0.407 e. The van der Waals surface area contributed by atoms with Crippen LogP contribution in [-0.4, -0.2) is 68.1 Å². The molecule has 0 aliphatic carbocycles. The van der Waals surface area contributed by atoms with Crippen molar-refractivity contribution in [2.75, 3.05) is 38.2 Å². The lowest BCUT2D eigenvalue weighted by molar-refractivity contribution is -0.147. The Bertz CT molecular complexity index is 963. The molecule has 0 saturated carbocycles. The van der Waals surface area contributed by atoms with Crippen molar-refractivity contribution in [3.05, 3.63) is 35.2 Å². The van der Waals surface area contributed by atoms with Crippen LogP contribution >= 0.6 is 0 Å². The lowest BCUT2D eigenvalue weighted by atomic mass is 10.1. The maximum Gasteiger partial charge on any atom is 0.407 e. The van der Waals surface area contributed by atoms with E-state index in [9.17, 15) is 14.4 Å². The molecule has 0 unspecified atom stereocenters. The first kappa shape index (κ1) is 29.6. The van der Waals surface area contributed by atoms with E-state index in [0.29, 0.717) is 19.4 Å². The van der Waals surface area contributed by atoms with E-state index in [1.165, 1.54) is 11.8 Å². The van der Waals surface area contributed by atoms with Gasteiger partial charge in [-0.25, -0.2) is 14.6 Å². The SMILES string of the molecule is CCCCOC(=O)N[C@@H](CNC(=O)C(C=NCCc1ccc2c(n1)NCCC2)=CN)C(=O)OCC(C)C. The minimum atomic E-state index is -1.11. The molecule has 2 amide bonds. The second-order valence-electron chi connectivity index (χ2n) is 9.17. The van der Waals surface area contributed by atoms with E-state index in [0.717, 1.165) is 43.5 Å². The molecule has 2 heterocycles. The molecule has 0 fully saturated rings. The highest BCUT2D eigenvalue weighted by molar-refractivity contribution is 6.12. The number of pyridine rings is 1. The fraction of sp³-hybridized carbons (Fsp3) is 0.577. The van der Waals surface area contributed by atoms with Crippen molar-refractivity contribution in [2.45, 2.75) is 58.9 Å². The number of alkyl carbamates (subject to hydrolysis) is 1. The number of aryl methyl sites for hydroxylation is 1. The molecule has 1 aliphatic rings. The average Bonchev–Trinajstić information content (AvgIpc) is 2.89. The number of nitrogens with two attached hydrogens (primary N) is 1. The minimum absolute atomic E-state index is 0.117. The van der Waals surface area contributed by atoms with Crippen molar-refractivity contribution < 1.29 is 23.9 Å². The molecular formula is C26H40N6O5. The molecule has 1 aromatic heterocycles. The Hall–Kier alpha value is -3.63. The summed E-state index contributed by atoms with van der Waals surface area (Å²) in [5.41, 5.74) is 7.88. The van der Waals surface area contributed by atoms with Gasteiger partial charge in [0.1, 0.15) is 11.9 Å². The Labute approximate surface area is 218 Å². The Morgan fingerprint density at radius 3 is 2.81 bits per heavy atom. The number of nitrogens with zero attached hydrogens (tertiary/aromatic N) is 2. The highest BCUT2D eigenvalue weighted by atomic mass is 16.6. The number of amides is 2. The summed E-state index contributed by atoms with van der Waals surface area (Å²) in [4.78, 5) is 46.1. The lowest BCUT2D eigenvalue weighted by Gasteiger charge is -2.19. The number of aliphatic imine (C=N–C) groups is 1. The van der Waals surface area contributed by atoms with E-state index >= 15 is 0 Å². The molecule has 1 aliphatic heterocycles. The van der Waals surface area contributed by atoms with Crippen molar-refractivity contribution in [2.24, 2.45) is 16.6 Å². The van der Waals surface area contributed by atoms with Crippen LogP contribution < -0.4 is 21.7 Å². The number of nitrogens with one attached hydrogen (secondary N) is 3. The van der Waals surface area contributed by atoms with Crippen molar-refractivity contribution in [3.63, 3.8) is 0 Å². The first-order chi connectivity index (χ1) is 17.8. The molecule has 1 aromatic rings. The molecule has 0 saturated heterocycles. The van der Waals surface area contributed by atoms with Crippen molar-refractivity contribution in [1.29, 1.82) is 0 Å². The summed E-state index contributed by atoms with van der Waals surface area (Å²) >= 11 is 0. The molecule has 1 atom stereocenters. The van der Waals surface area contributed by atoms with Gasteiger partial charge in [-0.05, 0) is 36.8 Å². The number of unbranched alkanes of at least 4 members (excludes halogenated alkanes) is 1. The summed E-state index contributed by atoms with van der Waals surface area (Å²) in [6, 6.07) is 2.96. The van der Waals surface area contributed by atoms with Gasteiger partial charge in [0, 0.05) is 44.2 Å². The molecule has 0 bridgehead atoms. The number of fused-ring (bicyclic) bond motifs is 1. The molecule has 2 rings (SSSR count). The van der Waals surface area contributed by atoms with Gasteiger partial charge in [0.2, 0.25) is 0 Å². The van der Waals surface area contributed by atoms with E-state index < -0.39 is 24.0 Å². The number of carbonyl (C=O) groups is 3. The highest BCUT2D eigenvalue weighted by Crippen LogP contribution is 2.19. The zero-order chi connectivity index (χ0) is 27.0. The zero-order valence-electron chi connectivity index (χ0n) is 22.0. The number of hydrogen-bond acceptors (Lipinski definition) is 9. The molecule has 0 aromatic carbocycles. The summed E-state index contributed by atoms with van der Waals surface area (Å²) in [6.45, 7) is 7.33. The number of rotatable bonds is 14. The van der Waals surface area contributed by atoms with Crippen LogP contribution in [0.2, 0.25) is 0 Å². The van der Waals surface area contributed by atoms with Crippen LogP contribution in [0.25, 0.3) is 0 Å². The molecule has 204 valence electrons. The second kappa shape index (κ2) is 16.2. The standard InChI is InChI=1S/C26H40N6O5/c1-4-5-13-36-26(35)32-22(25(34)37-17-18(2)3)16-30-24(33)20(14-27)15-28-12-10-21-9-8-19-7-6-11-29-23(19)31-21/h8-9,14-15,18,22H,4-7,10-13,16-17,27H2,1-3H3,(H,29,31)(H,30,33)(H,32,35)/t22-/m0/s1. The number of aromatic nitrogens is 1. The van der Waals surface area contributed by atoms with E-state index in [1.54, 1.807) is 0 Å². The van der Waals surface area contributed by atoms with Gasteiger partial charge in [0.15, 0.2) is 0 Å². The number of carbonyl (C=O) groups excluding carboxylic acids is 3. The summed E-state index contributed by atoms with van der Waals surface area (Å²) in [6.07, 6.45) is 6.07. The summed E-state index contributed by atoms with van der Waals surface area (Å²) in [5.74, 6) is -0.156. The third kappa shape index (κ3) is 10.9. The van der Waals surface area contributed by atoms with Crippen LogP contribution in [0.5, 0.6) is 0 Å². The molecular weight excluding hydrogens is 476 g/mol. The Balaban J connectivity index is 1.88. The third-order valence-corrected chi connectivity index (χ3v) is 5.45. The lowest BCUT2D eigenvalue weighted by Crippen LogP contribution is -2.49. The minimum Gasteiger partial charge on any atom is -0.464 e. The maximum absolute atomic E-state index is 12.6. The fourth-order valence-corrected chi connectivity index (χ4v) is 3.36. The first-order valence-corrected chi connectivity index (χ1v) is 12.9. The Morgan fingerprint density at radius 1 is 1.27 bits per heavy atom. The predicted molar refractivity (Wildman–Crippen MR) is 142 cm³/mol. The van der Waals surface area contributed by atoms with Crippen LogP contribution in [0.1, 0.15) is 51.3 Å². The van der Waals surface area contributed by atoms with E-state index in [1.807, 2.05) is 26.8 Å². The first-order valence-electron chi connectivity index (χ1n) is 12.9. The van der Waals surface area contributed by atoms with Crippen molar-refractivity contribution in [1.82, 2.24) is 15.6 Å². The number of esters is 1. The molecule has 11 heteroatoms. The van der Waals surface area contributed by atoms with Crippen LogP contribution in [0.4, 0.5) is 10.6 Å². The molecule has 11 nitrogen and oxygen atoms in total. The van der Waals surface area contributed by atoms with Crippen LogP contribution in [0.3, 0.4) is 0 Å². The normalized spacial score (nSPS) is 14.0. The Kier molecular flexibility index (Phi) is 12.9. The largest absolute Gasteiger partial charge is 0.464 e. The van der Waals surface area contributed by atoms with Gasteiger partial charge in [-0.1, -0.05) is 33.3 Å².